The zero-order chi connectivity index (χ0) is 8.15. The summed E-state index contributed by atoms with van der Waals surface area (Å²) < 4.78 is 0. The maximum Gasteiger partial charge on any atom is 1.00 e. The minimum atomic E-state index is -0.972. The first-order valence-electron chi connectivity index (χ1n) is 2.71. The number of aliphatic carboxylic acids is 1. The van der Waals surface area contributed by atoms with Crippen molar-refractivity contribution in [1.29, 1.82) is 0 Å². The summed E-state index contributed by atoms with van der Waals surface area (Å²) in [6, 6.07) is 0. The Morgan fingerprint density at radius 3 is 2.27 bits per heavy atom. The zero-order valence-corrected chi connectivity index (χ0v) is 11.6. The van der Waals surface area contributed by atoms with Gasteiger partial charge in [-0.1, -0.05) is 6.92 Å². The molecule has 0 unspecified atom stereocenters. The van der Waals surface area contributed by atoms with Crippen LogP contribution in [0.2, 0.25) is 0 Å². The first kappa shape index (κ1) is 14.1. The molecule has 11 heavy (non-hydrogen) atoms. The van der Waals surface area contributed by atoms with E-state index in [0.717, 1.165) is 0 Å². The van der Waals surface area contributed by atoms with E-state index in [1.54, 1.807) is 6.92 Å². The van der Waals surface area contributed by atoms with Crippen LogP contribution in [0.25, 0.3) is 0 Å². The topological polar surface area (TPSA) is 57.5 Å². The molecule has 56 valence electrons. The van der Waals surface area contributed by atoms with E-state index in [-0.39, 0.29) is 70.4 Å². The second kappa shape index (κ2) is 7.22. The predicted molar refractivity (Wildman–Crippen MR) is 36.5 cm³/mol. The van der Waals surface area contributed by atoms with Gasteiger partial charge in [0.25, 0.3) is 5.97 Å². The molecule has 0 amide bonds. The van der Waals surface area contributed by atoms with Crippen LogP contribution in [0, 0.1) is 6.08 Å². The first-order valence-corrected chi connectivity index (χ1v) is 2.71. The number of allylic oxidation sites excluding steroid dienone is 1. The van der Waals surface area contributed by atoms with Gasteiger partial charge in [0, 0.05) is 0 Å². The Kier molecular flexibility index (Phi) is 9.25. The molecule has 0 rings (SSSR count). The van der Waals surface area contributed by atoms with E-state index in [2.05, 4.69) is 12.7 Å². The van der Waals surface area contributed by atoms with Gasteiger partial charge in [-0.3, -0.25) is 10.9 Å². The summed E-state index contributed by atoms with van der Waals surface area (Å²) in [6.45, 7) is 4.74. The van der Waals surface area contributed by atoms with Gasteiger partial charge < -0.3 is 10.2 Å². The molecule has 0 radical (unpaired) electrons. The standard InChI is InChI=1S/C7H9O3.Rb/c1-5(6(2)8)3-4-7(9)10;/h8H,2,4H2,1H3,(H,9,10);/q-1;+1. The number of carboxylic acid groups (broad SMARTS) is 1. The van der Waals surface area contributed by atoms with Crippen molar-refractivity contribution in [3.8, 4) is 0 Å². The largest absolute Gasteiger partial charge is 1.00 e. The van der Waals surface area contributed by atoms with Crippen LogP contribution in [-0.2, 0) is 4.79 Å². The molecule has 0 aliphatic heterocycles. The molecule has 0 atom stereocenters. The second-order valence-electron chi connectivity index (χ2n) is 1.82. The second-order valence-corrected chi connectivity index (χ2v) is 1.82. The number of carbonyl (C=O) groups is 1. The van der Waals surface area contributed by atoms with Crippen LogP contribution in [0.15, 0.2) is 17.9 Å². The van der Waals surface area contributed by atoms with Crippen molar-refractivity contribution in [3.63, 3.8) is 0 Å². The summed E-state index contributed by atoms with van der Waals surface area (Å²) in [5.74, 6) is -1.11. The molecule has 2 N–H and O–H groups in total. The number of carboxylic acids is 1. The average Bonchev–Trinajstić information content (AvgIpc) is 1.82. The van der Waals surface area contributed by atoms with Crippen LogP contribution in [0.5, 0.6) is 0 Å². The van der Waals surface area contributed by atoms with Gasteiger partial charge in [-0.25, -0.2) is 0 Å². The molecule has 0 heterocycles. The molecule has 0 aromatic carbocycles. The molecule has 0 aliphatic carbocycles. The van der Waals surface area contributed by atoms with E-state index in [9.17, 15) is 4.79 Å². The molecule has 0 fully saturated rings. The number of aliphatic hydroxyl groups is 1. The van der Waals surface area contributed by atoms with E-state index in [1.807, 2.05) is 0 Å². The minimum Gasteiger partial charge on any atom is -0.593 e. The van der Waals surface area contributed by atoms with E-state index in [0.29, 0.717) is 5.57 Å². The van der Waals surface area contributed by atoms with Crippen molar-refractivity contribution < 1.29 is 73.2 Å². The quantitative estimate of drug-likeness (QED) is 0.342. The third kappa shape index (κ3) is 8.46. The van der Waals surface area contributed by atoms with Gasteiger partial charge in [-0.15, -0.1) is 6.58 Å². The van der Waals surface area contributed by atoms with E-state index >= 15 is 0 Å². The summed E-state index contributed by atoms with van der Waals surface area (Å²) in [7, 11) is 0. The van der Waals surface area contributed by atoms with Gasteiger partial charge in [0.05, 0.1) is 0 Å². The number of rotatable bonds is 3. The van der Waals surface area contributed by atoms with Crippen LogP contribution in [0.4, 0.5) is 0 Å². The Labute approximate surface area is 115 Å². The molecule has 0 bridgehead atoms. The third-order valence-corrected chi connectivity index (χ3v) is 0.938. The molecule has 0 saturated heterocycles. The molecule has 0 spiro atoms. The van der Waals surface area contributed by atoms with Gasteiger partial charge in [0.2, 0.25) is 0 Å². The van der Waals surface area contributed by atoms with E-state index in [1.165, 1.54) is 0 Å². The van der Waals surface area contributed by atoms with Crippen molar-refractivity contribution in [2.24, 2.45) is 0 Å². The molecule has 0 saturated carbocycles. The monoisotopic (exact) mass is 226 g/mol. The fraction of sp³-hybridized carbons (Fsp3) is 0.286. The SMILES string of the molecule is C=C(O)C(C)=[C-]CC(=O)O.[Rb+]. The third-order valence-electron chi connectivity index (χ3n) is 0.938. The minimum absolute atomic E-state index is 0. The summed E-state index contributed by atoms with van der Waals surface area (Å²) in [6.07, 6.45) is 2.25. The van der Waals surface area contributed by atoms with Gasteiger partial charge >= 0.3 is 58.2 Å². The summed E-state index contributed by atoms with van der Waals surface area (Å²) in [5.41, 5.74) is 0.377. The maximum atomic E-state index is 9.94. The molecule has 4 heteroatoms. The van der Waals surface area contributed by atoms with Crippen LogP contribution in [0.3, 0.4) is 0 Å². The molecular weight excluding hydrogens is 218 g/mol. The zero-order valence-electron chi connectivity index (χ0n) is 6.72. The van der Waals surface area contributed by atoms with Gasteiger partial charge in [0.15, 0.2) is 0 Å². The van der Waals surface area contributed by atoms with Gasteiger partial charge in [-0.05, 0) is 12.2 Å². The summed E-state index contributed by atoms with van der Waals surface area (Å²) in [4.78, 5) is 9.94. The summed E-state index contributed by atoms with van der Waals surface area (Å²) in [5, 5.41) is 16.8. The smallest absolute Gasteiger partial charge is 0.593 e. The number of aliphatic hydroxyl groups excluding tert-OH is 1. The molecule has 0 aromatic heterocycles. The Bertz CT molecular complexity index is 184. The normalized spacial score (nSPS) is 10.1. The van der Waals surface area contributed by atoms with Crippen molar-refractivity contribution in [3.05, 3.63) is 24.0 Å². The van der Waals surface area contributed by atoms with Crippen LogP contribution >= 0.6 is 0 Å². The Morgan fingerprint density at radius 2 is 2.00 bits per heavy atom. The van der Waals surface area contributed by atoms with Crippen molar-refractivity contribution >= 4 is 5.97 Å². The van der Waals surface area contributed by atoms with Crippen molar-refractivity contribution in [1.82, 2.24) is 0 Å². The van der Waals surface area contributed by atoms with E-state index in [4.69, 9.17) is 10.2 Å². The van der Waals surface area contributed by atoms with Crippen molar-refractivity contribution in [2.75, 3.05) is 0 Å². The maximum absolute atomic E-state index is 9.94. The van der Waals surface area contributed by atoms with Crippen molar-refractivity contribution in [2.45, 2.75) is 13.3 Å². The fourth-order valence-electron chi connectivity index (χ4n) is 0.310. The Balaban J connectivity index is 0. The molecule has 0 aromatic rings. The number of hydrogen-bond donors (Lipinski definition) is 2. The molecule has 0 aliphatic rings. The molecule has 3 nitrogen and oxygen atoms in total. The Hall–Kier alpha value is 0.555. The van der Waals surface area contributed by atoms with Crippen LogP contribution in [-0.4, -0.2) is 16.2 Å². The fourth-order valence-corrected chi connectivity index (χ4v) is 0.310. The predicted octanol–water partition coefficient (Wildman–Crippen LogP) is -1.71. The van der Waals surface area contributed by atoms with Crippen LogP contribution in [0.1, 0.15) is 13.3 Å². The van der Waals surface area contributed by atoms with Crippen LogP contribution < -0.4 is 58.2 Å². The average molecular weight is 227 g/mol. The summed E-state index contributed by atoms with van der Waals surface area (Å²) >= 11 is 0. The van der Waals surface area contributed by atoms with Gasteiger partial charge in [-0.2, -0.15) is 5.57 Å². The molecular formula is C7H9O3Rb. The van der Waals surface area contributed by atoms with Gasteiger partial charge in [0.1, 0.15) is 0 Å². The first-order chi connectivity index (χ1) is 4.54. The van der Waals surface area contributed by atoms with E-state index < -0.39 is 5.97 Å². The number of hydrogen-bond acceptors (Lipinski definition) is 2. The Morgan fingerprint density at radius 1 is 1.55 bits per heavy atom.